The molecule has 1 aliphatic rings. The molecule has 1 aliphatic heterocycles. The Labute approximate surface area is 156 Å². The summed E-state index contributed by atoms with van der Waals surface area (Å²) in [7, 11) is 0. The molecule has 2 aromatic rings. The summed E-state index contributed by atoms with van der Waals surface area (Å²) in [6.45, 7) is 3.15. The number of carbonyl (C=O) groups excluding carboxylic acids is 1. The summed E-state index contributed by atoms with van der Waals surface area (Å²) in [5.74, 6) is -0.0905. The van der Waals surface area contributed by atoms with E-state index in [-0.39, 0.29) is 16.5 Å². The van der Waals surface area contributed by atoms with Gasteiger partial charge in [0.05, 0.1) is 41.8 Å². The van der Waals surface area contributed by atoms with Gasteiger partial charge in [-0.2, -0.15) is 0 Å². The summed E-state index contributed by atoms with van der Waals surface area (Å²) in [6.07, 6.45) is 0. The third-order valence-corrected chi connectivity index (χ3v) is 4.78. The van der Waals surface area contributed by atoms with Crippen molar-refractivity contribution in [3.05, 3.63) is 63.7 Å². The van der Waals surface area contributed by atoms with Gasteiger partial charge in [0.2, 0.25) is 0 Å². The summed E-state index contributed by atoms with van der Waals surface area (Å²) >= 11 is 6.06. The Hall–Kier alpha value is -2.64. The second kappa shape index (κ2) is 8.16. The van der Waals surface area contributed by atoms with Gasteiger partial charge in [-0.05, 0) is 18.2 Å². The largest absolute Gasteiger partial charge is 0.355 e. The summed E-state index contributed by atoms with van der Waals surface area (Å²) in [5, 5.41) is 14.5. The molecule has 0 aliphatic carbocycles. The van der Waals surface area contributed by atoms with Crippen LogP contribution in [-0.2, 0) is 4.79 Å². The Morgan fingerprint density at radius 1 is 1.15 bits per heavy atom. The first kappa shape index (κ1) is 18.2. The number of nitro groups is 1. The molecule has 3 rings (SSSR count). The molecule has 0 spiro atoms. The molecule has 1 saturated heterocycles. The number of nitro benzene ring substituents is 1. The molecule has 0 saturated carbocycles. The number of halogens is 1. The number of carbonyl (C=O) groups is 1. The Morgan fingerprint density at radius 3 is 2.50 bits per heavy atom. The van der Waals surface area contributed by atoms with Crippen LogP contribution >= 0.6 is 11.6 Å². The molecule has 26 heavy (non-hydrogen) atoms. The predicted octanol–water partition coefficient (Wildman–Crippen LogP) is 1.59. The van der Waals surface area contributed by atoms with E-state index in [2.05, 4.69) is 5.32 Å². The maximum absolute atomic E-state index is 12.2. The van der Waals surface area contributed by atoms with Gasteiger partial charge < -0.3 is 15.1 Å². The van der Waals surface area contributed by atoms with Crippen LogP contribution in [0.2, 0.25) is 5.02 Å². The van der Waals surface area contributed by atoms with Crippen LogP contribution in [0.25, 0.3) is 0 Å². The highest BCUT2D eigenvalue weighted by atomic mass is 35.5. The average molecular weight is 376 g/mol. The van der Waals surface area contributed by atoms with Crippen molar-refractivity contribution < 1.29 is 14.6 Å². The standard InChI is InChI=1S/C18H19ClN4O3/c19-14-5-1-2-6-15(14)20-18(24)13-21-9-11-22(12-10-21)16-7-3-4-8-17(16)23(25)26/h1-8H,9-13H2,(H,20,24)/p+1. The van der Waals surface area contributed by atoms with Gasteiger partial charge in [0.25, 0.3) is 11.6 Å². The monoisotopic (exact) mass is 375 g/mol. The van der Waals surface area contributed by atoms with E-state index in [1.807, 2.05) is 17.0 Å². The summed E-state index contributed by atoms with van der Waals surface area (Å²) < 4.78 is 0. The van der Waals surface area contributed by atoms with Crippen LogP contribution in [0.3, 0.4) is 0 Å². The van der Waals surface area contributed by atoms with Crippen LogP contribution in [0.1, 0.15) is 0 Å². The van der Waals surface area contributed by atoms with Crippen LogP contribution in [0.4, 0.5) is 17.1 Å². The first-order chi connectivity index (χ1) is 12.5. The van der Waals surface area contributed by atoms with Crippen molar-refractivity contribution in [2.24, 2.45) is 0 Å². The second-order valence-electron chi connectivity index (χ2n) is 6.19. The number of para-hydroxylation sites is 3. The van der Waals surface area contributed by atoms with E-state index in [0.717, 1.165) is 18.0 Å². The lowest BCUT2D eigenvalue weighted by atomic mass is 10.2. The van der Waals surface area contributed by atoms with Crippen LogP contribution in [0.5, 0.6) is 0 Å². The van der Waals surface area contributed by atoms with Crippen molar-refractivity contribution in [1.29, 1.82) is 0 Å². The zero-order chi connectivity index (χ0) is 18.5. The average Bonchev–Trinajstić information content (AvgIpc) is 2.64. The lowest BCUT2D eigenvalue weighted by molar-refractivity contribution is -0.892. The van der Waals surface area contributed by atoms with Crippen molar-refractivity contribution >= 4 is 34.6 Å². The first-order valence-corrected chi connectivity index (χ1v) is 8.78. The fourth-order valence-corrected chi connectivity index (χ4v) is 3.29. The second-order valence-corrected chi connectivity index (χ2v) is 6.59. The Bertz CT molecular complexity index is 807. The normalized spacial score (nSPS) is 14.9. The van der Waals surface area contributed by atoms with Crippen molar-refractivity contribution in [1.82, 2.24) is 0 Å². The predicted molar refractivity (Wildman–Crippen MR) is 101 cm³/mol. The number of nitrogens with zero attached hydrogens (tertiary/aromatic N) is 2. The van der Waals surface area contributed by atoms with Gasteiger partial charge in [-0.25, -0.2) is 0 Å². The number of quaternary nitrogens is 1. The van der Waals surface area contributed by atoms with Crippen LogP contribution in [0, 0.1) is 10.1 Å². The molecule has 136 valence electrons. The van der Waals surface area contributed by atoms with Crippen molar-refractivity contribution in [2.75, 3.05) is 42.9 Å². The molecular weight excluding hydrogens is 356 g/mol. The van der Waals surface area contributed by atoms with Gasteiger partial charge in [0.15, 0.2) is 6.54 Å². The third-order valence-electron chi connectivity index (χ3n) is 4.45. The highest BCUT2D eigenvalue weighted by molar-refractivity contribution is 6.33. The zero-order valence-corrected chi connectivity index (χ0v) is 14.9. The molecule has 0 atom stereocenters. The molecule has 8 heteroatoms. The number of benzene rings is 2. The number of hydrogen-bond donors (Lipinski definition) is 2. The van der Waals surface area contributed by atoms with E-state index in [9.17, 15) is 14.9 Å². The van der Waals surface area contributed by atoms with Crippen LogP contribution < -0.4 is 15.1 Å². The van der Waals surface area contributed by atoms with E-state index in [1.54, 1.807) is 30.3 Å². The highest BCUT2D eigenvalue weighted by Crippen LogP contribution is 2.27. The summed E-state index contributed by atoms with van der Waals surface area (Å²) in [5.41, 5.74) is 1.36. The van der Waals surface area contributed by atoms with Gasteiger partial charge in [-0.3, -0.25) is 14.9 Å². The quantitative estimate of drug-likeness (QED) is 0.614. The van der Waals surface area contributed by atoms with E-state index in [1.165, 1.54) is 6.07 Å². The van der Waals surface area contributed by atoms with E-state index in [4.69, 9.17) is 11.6 Å². The number of rotatable bonds is 5. The number of amides is 1. The summed E-state index contributed by atoms with van der Waals surface area (Å²) in [4.78, 5) is 26.2. The molecule has 2 aromatic carbocycles. The number of hydrogen-bond acceptors (Lipinski definition) is 4. The molecular formula is C18H20ClN4O3+. The topological polar surface area (TPSA) is 79.9 Å². The Kier molecular flexibility index (Phi) is 5.70. The maximum atomic E-state index is 12.2. The van der Waals surface area contributed by atoms with E-state index < -0.39 is 0 Å². The molecule has 0 aromatic heterocycles. The molecule has 0 unspecified atom stereocenters. The molecule has 1 fully saturated rings. The van der Waals surface area contributed by atoms with Gasteiger partial charge >= 0.3 is 0 Å². The fraction of sp³-hybridized carbons (Fsp3) is 0.278. The maximum Gasteiger partial charge on any atom is 0.292 e. The summed E-state index contributed by atoms with van der Waals surface area (Å²) in [6, 6.07) is 13.9. The van der Waals surface area contributed by atoms with Crippen molar-refractivity contribution in [3.8, 4) is 0 Å². The fourth-order valence-electron chi connectivity index (χ4n) is 3.11. The minimum atomic E-state index is -0.356. The van der Waals surface area contributed by atoms with Gasteiger partial charge in [0.1, 0.15) is 5.69 Å². The Morgan fingerprint density at radius 2 is 1.81 bits per heavy atom. The van der Waals surface area contributed by atoms with Gasteiger partial charge in [-0.1, -0.05) is 35.9 Å². The molecule has 1 heterocycles. The SMILES string of the molecule is O=C(C[NH+]1CCN(c2ccccc2[N+](=O)[O-])CC1)Nc1ccccc1Cl. The van der Waals surface area contributed by atoms with Crippen molar-refractivity contribution in [3.63, 3.8) is 0 Å². The highest BCUT2D eigenvalue weighted by Gasteiger charge is 2.26. The molecule has 2 N–H and O–H groups in total. The smallest absolute Gasteiger partial charge is 0.292 e. The third kappa shape index (κ3) is 4.30. The first-order valence-electron chi connectivity index (χ1n) is 8.41. The minimum absolute atomic E-state index is 0.0905. The molecule has 0 bridgehead atoms. The van der Waals surface area contributed by atoms with Crippen LogP contribution in [-0.4, -0.2) is 43.6 Å². The van der Waals surface area contributed by atoms with Gasteiger partial charge in [0, 0.05) is 6.07 Å². The lowest BCUT2D eigenvalue weighted by Crippen LogP contribution is -3.15. The number of nitrogens with one attached hydrogen (secondary N) is 2. The number of piperazine rings is 1. The van der Waals surface area contributed by atoms with Crippen molar-refractivity contribution in [2.45, 2.75) is 0 Å². The molecule has 7 nitrogen and oxygen atoms in total. The Balaban J connectivity index is 1.55. The molecule has 1 amide bonds. The number of anilines is 2. The minimum Gasteiger partial charge on any atom is -0.355 e. The lowest BCUT2D eigenvalue weighted by Gasteiger charge is -2.33. The zero-order valence-electron chi connectivity index (χ0n) is 14.2. The van der Waals surface area contributed by atoms with Crippen LogP contribution in [0.15, 0.2) is 48.5 Å². The van der Waals surface area contributed by atoms with Gasteiger partial charge in [-0.15, -0.1) is 0 Å². The van der Waals surface area contributed by atoms with E-state index >= 15 is 0 Å². The van der Waals surface area contributed by atoms with E-state index in [0.29, 0.717) is 36.0 Å². The molecule has 0 radical (unpaired) electrons.